The highest BCUT2D eigenvalue weighted by Crippen LogP contribution is 2.34. The van der Waals surface area contributed by atoms with Crippen LogP contribution in [0.3, 0.4) is 0 Å². The third-order valence-electron chi connectivity index (χ3n) is 4.22. The average Bonchev–Trinajstić information content (AvgIpc) is 2.47. The van der Waals surface area contributed by atoms with Gasteiger partial charge in [0, 0.05) is 13.1 Å². The van der Waals surface area contributed by atoms with Crippen molar-refractivity contribution in [2.75, 3.05) is 26.7 Å². The van der Waals surface area contributed by atoms with Crippen molar-refractivity contribution in [3.05, 3.63) is 29.3 Å². The molecule has 1 aliphatic rings. The van der Waals surface area contributed by atoms with E-state index >= 15 is 0 Å². The molecule has 0 spiro atoms. The molecule has 1 aromatic carbocycles. The van der Waals surface area contributed by atoms with Crippen molar-refractivity contribution in [1.82, 2.24) is 9.62 Å². The summed E-state index contributed by atoms with van der Waals surface area (Å²) in [5.41, 5.74) is -0.882. The minimum atomic E-state index is -4.56. The molecular weight excluding hydrogens is 365 g/mol. The van der Waals surface area contributed by atoms with Crippen LogP contribution < -0.4 is 5.32 Å². The summed E-state index contributed by atoms with van der Waals surface area (Å²) >= 11 is 0. The molecule has 0 aromatic heterocycles. The molecule has 0 atom stereocenters. The Hall–Kier alpha value is -0.830. The lowest BCUT2D eigenvalue weighted by atomic mass is 9.98. The monoisotopic (exact) mass is 386 g/mol. The standard InChI is InChI=1S/C15H21F3N2O2S.ClH/c1-11-3-4-13(9-14(11)15(16,17)18)23(21,22)20-7-5-12(6-8-20)10-19-2;/h3-4,9,12,19H,5-8,10H2,1-2H3;1H. The number of piperidine rings is 1. The van der Waals surface area contributed by atoms with Crippen LogP contribution in [-0.2, 0) is 16.2 Å². The minimum Gasteiger partial charge on any atom is -0.319 e. The SMILES string of the molecule is CNCC1CCN(S(=O)(=O)c2ccc(C)c(C(F)(F)F)c2)CC1.Cl. The first-order valence-electron chi connectivity index (χ1n) is 7.49. The van der Waals surface area contributed by atoms with Crippen LogP contribution in [0.15, 0.2) is 23.1 Å². The molecule has 1 saturated heterocycles. The Bertz CT molecular complexity index is 657. The van der Waals surface area contributed by atoms with E-state index in [0.29, 0.717) is 31.8 Å². The maximum absolute atomic E-state index is 13.0. The van der Waals surface area contributed by atoms with E-state index in [2.05, 4.69) is 5.32 Å². The number of hydrogen-bond donors (Lipinski definition) is 1. The molecule has 24 heavy (non-hydrogen) atoms. The maximum atomic E-state index is 13.0. The Morgan fingerprint density at radius 2 is 1.83 bits per heavy atom. The van der Waals surface area contributed by atoms with Crippen LogP contribution >= 0.6 is 12.4 Å². The largest absolute Gasteiger partial charge is 0.416 e. The smallest absolute Gasteiger partial charge is 0.319 e. The molecule has 138 valence electrons. The number of nitrogens with one attached hydrogen (secondary N) is 1. The van der Waals surface area contributed by atoms with Gasteiger partial charge in [0.2, 0.25) is 10.0 Å². The van der Waals surface area contributed by atoms with E-state index in [0.717, 1.165) is 12.6 Å². The van der Waals surface area contributed by atoms with Crippen molar-refractivity contribution in [3.8, 4) is 0 Å². The molecule has 1 aliphatic heterocycles. The molecule has 2 rings (SSSR count). The van der Waals surface area contributed by atoms with Crippen LogP contribution in [-0.4, -0.2) is 39.4 Å². The van der Waals surface area contributed by atoms with Crippen LogP contribution in [0.5, 0.6) is 0 Å². The van der Waals surface area contributed by atoms with Crippen molar-refractivity contribution in [2.24, 2.45) is 5.92 Å². The third-order valence-corrected chi connectivity index (χ3v) is 6.11. The number of halogens is 4. The molecule has 0 aliphatic carbocycles. The number of hydrogen-bond acceptors (Lipinski definition) is 3. The van der Waals surface area contributed by atoms with Gasteiger partial charge in [0.1, 0.15) is 0 Å². The first-order valence-corrected chi connectivity index (χ1v) is 8.93. The van der Waals surface area contributed by atoms with Gasteiger partial charge >= 0.3 is 6.18 Å². The number of nitrogens with zero attached hydrogens (tertiary/aromatic N) is 1. The summed E-state index contributed by atoms with van der Waals surface area (Å²) < 4.78 is 65.4. The molecule has 0 saturated carbocycles. The second-order valence-corrected chi connectivity index (χ2v) is 7.82. The van der Waals surface area contributed by atoms with Crippen LogP contribution in [0.1, 0.15) is 24.0 Å². The Balaban J connectivity index is 0.00000288. The van der Waals surface area contributed by atoms with Gasteiger partial charge in [-0.15, -0.1) is 12.4 Å². The van der Waals surface area contributed by atoms with Crippen molar-refractivity contribution >= 4 is 22.4 Å². The normalized spacial score (nSPS) is 17.5. The van der Waals surface area contributed by atoms with Crippen LogP contribution in [0, 0.1) is 12.8 Å². The number of sulfonamides is 1. The third kappa shape index (κ3) is 4.62. The fraction of sp³-hybridized carbons (Fsp3) is 0.600. The van der Waals surface area contributed by atoms with E-state index in [9.17, 15) is 21.6 Å². The van der Waals surface area contributed by atoms with E-state index < -0.39 is 21.8 Å². The van der Waals surface area contributed by atoms with Crippen LogP contribution in [0.2, 0.25) is 0 Å². The summed E-state index contributed by atoms with van der Waals surface area (Å²) in [6, 6.07) is 3.20. The van der Waals surface area contributed by atoms with Gasteiger partial charge in [0.05, 0.1) is 10.5 Å². The number of rotatable bonds is 4. The highest BCUT2D eigenvalue weighted by molar-refractivity contribution is 7.89. The number of benzene rings is 1. The second-order valence-electron chi connectivity index (χ2n) is 5.88. The summed E-state index contributed by atoms with van der Waals surface area (Å²) in [5, 5.41) is 3.06. The molecule has 0 amide bonds. The van der Waals surface area contributed by atoms with Crippen LogP contribution in [0.25, 0.3) is 0 Å². The second kappa shape index (κ2) is 8.03. The van der Waals surface area contributed by atoms with E-state index in [4.69, 9.17) is 0 Å². The molecule has 0 radical (unpaired) electrons. The van der Waals surface area contributed by atoms with Gasteiger partial charge in [-0.05, 0) is 57.0 Å². The lowest BCUT2D eigenvalue weighted by Gasteiger charge is -2.31. The zero-order chi connectivity index (χ0) is 17.3. The molecule has 0 unspecified atom stereocenters. The Morgan fingerprint density at radius 3 is 2.33 bits per heavy atom. The van der Waals surface area contributed by atoms with Crippen LogP contribution in [0.4, 0.5) is 13.2 Å². The predicted molar refractivity (Wildman–Crippen MR) is 88.8 cm³/mol. The van der Waals surface area contributed by atoms with E-state index in [-0.39, 0.29) is 22.9 Å². The van der Waals surface area contributed by atoms with E-state index in [1.807, 2.05) is 7.05 Å². The van der Waals surface area contributed by atoms with Crippen molar-refractivity contribution < 1.29 is 21.6 Å². The topological polar surface area (TPSA) is 49.4 Å². The number of alkyl halides is 3. The maximum Gasteiger partial charge on any atom is 0.416 e. The Labute approximate surface area is 146 Å². The molecule has 1 heterocycles. The summed E-state index contributed by atoms with van der Waals surface area (Å²) in [5.74, 6) is 0.398. The zero-order valence-corrected chi connectivity index (χ0v) is 15.2. The number of aryl methyl sites for hydroxylation is 1. The summed E-state index contributed by atoms with van der Waals surface area (Å²) in [4.78, 5) is -0.289. The summed E-state index contributed by atoms with van der Waals surface area (Å²) in [6.07, 6.45) is -3.15. The lowest BCUT2D eigenvalue weighted by Crippen LogP contribution is -2.40. The first-order chi connectivity index (χ1) is 10.7. The summed E-state index contributed by atoms with van der Waals surface area (Å²) in [6.45, 7) is 2.81. The van der Waals surface area contributed by atoms with E-state index in [1.54, 1.807) is 0 Å². The van der Waals surface area contributed by atoms with Gasteiger partial charge in [-0.25, -0.2) is 8.42 Å². The van der Waals surface area contributed by atoms with Gasteiger partial charge in [-0.2, -0.15) is 17.5 Å². The Morgan fingerprint density at radius 1 is 1.25 bits per heavy atom. The molecule has 4 nitrogen and oxygen atoms in total. The van der Waals surface area contributed by atoms with Crippen molar-refractivity contribution in [3.63, 3.8) is 0 Å². The first kappa shape index (κ1) is 21.2. The molecule has 0 bridgehead atoms. The fourth-order valence-electron chi connectivity index (χ4n) is 2.86. The molecule has 1 fully saturated rings. The minimum absolute atomic E-state index is 0. The van der Waals surface area contributed by atoms with Gasteiger partial charge in [-0.3, -0.25) is 0 Å². The van der Waals surface area contributed by atoms with Gasteiger partial charge < -0.3 is 5.32 Å². The quantitative estimate of drug-likeness (QED) is 0.865. The van der Waals surface area contributed by atoms with E-state index in [1.165, 1.54) is 23.4 Å². The fourth-order valence-corrected chi connectivity index (χ4v) is 4.35. The molecule has 9 heteroatoms. The van der Waals surface area contributed by atoms with Gasteiger partial charge in [0.15, 0.2) is 0 Å². The molecule has 1 N–H and O–H groups in total. The Kier molecular flexibility index (Phi) is 7.10. The summed E-state index contributed by atoms with van der Waals surface area (Å²) in [7, 11) is -2.05. The highest BCUT2D eigenvalue weighted by atomic mass is 35.5. The molecular formula is C15H22ClF3N2O2S. The lowest BCUT2D eigenvalue weighted by molar-refractivity contribution is -0.138. The average molecular weight is 387 g/mol. The van der Waals surface area contributed by atoms with Gasteiger partial charge in [0.25, 0.3) is 0 Å². The van der Waals surface area contributed by atoms with Crippen molar-refractivity contribution in [2.45, 2.75) is 30.8 Å². The van der Waals surface area contributed by atoms with Crippen molar-refractivity contribution in [1.29, 1.82) is 0 Å². The predicted octanol–water partition coefficient (Wildman–Crippen LogP) is 3.06. The molecule has 1 aromatic rings. The zero-order valence-electron chi connectivity index (χ0n) is 13.6. The van der Waals surface area contributed by atoms with Gasteiger partial charge in [-0.1, -0.05) is 6.07 Å². The highest BCUT2D eigenvalue weighted by Gasteiger charge is 2.35.